The summed E-state index contributed by atoms with van der Waals surface area (Å²) in [5.74, 6) is -1.47. The molecule has 2 amide bonds. The van der Waals surface area contributed by atoms with Crippen LogP contribution in [0, 0.1) is 17.8 Å². The molecule has 3 heterocycles. The number of amides is 2. The van der Waals surface area contributed by atoms with E-state index >= 15 is 0 Å². The zero-order valence-corrected chi connectivity index (χ0v) is 55.1. The van der Waals surface area contributed by atoms with Gasteiger partial charge in [0.05, 0.1) is 64.6 Å². The molecule has 27 heteroatoms. The molecule has 3 aliphatic heterocycles. The van der Waals surface area contributed by atoms with Gasteiger partial charge in [0.15, 0.2) is 18.9 Å². The van der Waals surface area contributed by atoms with Crippen LogP contribution in [0.1, 0.15) is 183 Å². The van der Waals surface area contributed by atoms with E-state index < -0.39 is 129 Å². The fourth-order valence-electron chi connectivity index (χ4n) is 11.0. The van der Waals surface area contributed by atoms with Crippen molar-refractivity contribution >= 4 is 35.1 Å². The van der Waals surface area contributed by atoms with Gasteiger partial charge in [0.2, 0.25) is 5.91 Å². The first-order valence-electron chi connectivity index (χ1n) is 33.3. The summed E-state index contributed by atoms with van der Waals surface area (Å²) < 4.78 is 51.9. The zero-order valence-electron chi connectivity index (χ0n) is 55.1. The number of ether oxygens (including phenoxy) is 9. The Labute approximate surface area is 538 Å². The van der Waals surface area contributed by atoms with Gasteiger partial charge in [-0.15, -0.1) is 0 Å². The number of unbranched alkanes of at least 4 members (excludes halogenated alkanes) is 7. The Morgan fingerprint density at radius 1 is 0.396 bits per heavy atom. The minimum absolute atomic E-state index is 0.00603. The van der Waals surface area contributed by atoms with Gasteiger partial charge in [0.1, 0.15) is 71.9 Å². The summed E-state index contributed by atoms with van der Waals surface area (Å²) in [6.45, 7) is 10.7. The first-order valence-corrected chi connectivity index (χ1v) is 33.3. The number of carbonyl (C=O) groups excluding carboxylic acids is 6. The Morgan fingerprint density at radius 3 is 1.08 bits per heavy atom. The van der Waals surface area contributed by atoms with Crippen molar-refractivity contribution in [1.82, 2.24) is 16.0 Å². The molecule has 3 rings (SSSR count). The molecule has 15 unspecified atom stereocenters. The molecule has 3 aliphatic rings. The molecular formula is C64H115N3O24. The summed E-state index contributed by atoms with van der Waals surface area (Å²) >= 11 is 0. The number of rotatable bonds is 50. The van der Waals surface area contributed by atoms with Gasteiger partial charge in [-0.25, -0.2) is 4.79 Å². The highest BCUT2D eigenvalue weighted by molar-refractivity contribution is 5.79. The van der Waals surface area contributed by atoms with Crippen LogP contribution in [-0.4, -0.2) is 252 Å². The van der Waals surface area contributed by atoms with Gasteiger partial charge in [-0.05, 0) is 91.4 Å². The minimum Gasteiger partial charge on any atom is -0.447 e. The quantitative estimate of drug-likeness (QED) is 0.0388. The normalized spacial score (nSPS) is 27.7. The van der Waals surface area contributed by atoms with E-state index in [1.807, 2.05) is 20.8 Å². The van der Waals surface area contributed by atoms with Gasteiger partial charge in [-0.1, -0.05) is 33.6 Å². The third-order valence-corrected chi connectivity index (χ3v) is 16.6. The summed E-state index contributed by atoms with van der Waals surface area (Å²) in [7, 11) is 0. The van der Waals surface area contributed by atoms with Crippen LogP contribution in [-0.2, 0) is 66.6 Å². The third kappa shape index (κ3) is 32.3. The zero-order chi connectivity index (χ0) is 67.4. The van der Waals surface area contributed by atoms with Crippen molar-refractivity contribution < 1.29 is 117 Å². The van der Waals surface area contributed by atoms with Gasteiger partial charge in [-0.2, -0.15) is 0 Å². The minimum atomic E-state index is -1.22. The maximum absolute atomic E-state index is 13.1. The van der Waals surface area contributed by atoms with Crippen molar-refractivity contribution in [2.45, 2.75) is 268 Å². The average Bonchev–Trinajstić information content (AvgIpc) is 1.10. The molecule has 0 aliphatic carbocycles. The van der Waals surface area contributed by atoms with Gasteiger partial charge < -0.3 is 99.2 Å². The van der Waals surface area contributed by atoms with E-state index in [1.54, 1.807) is 20.8 Å². The van der Waals surface area contributed by atoms with Crippen molar-refractivity contribution in [3.63, 3.8) is 0 Å². The molecule has 0 bridgehead atoms. The van der Waals surface area contributed by atoms with Crippen LogP contribution in [0.25, 0.3) is 0 Å². The van der Waals surface area contributed by atoms with Crippen LogP contribution in [0.4, 0.5) is 4.79 Å². The number of ketones is 4. The number of aliphatic hydroxyl groups is 9. The Morgan fingerprint density at radius 2 is 0.725 bits per heavy atom. The lowest BCUT2D eigenvalue weighted by Gasteiger charge is -2.40. The molecule has 0 aromatic carbocycles. The maximum atomic E-state index is 13.1. The van der Waals surface area contributed by atoms with E-state index in [0.717, 1.165) is 0 Å². The van der Waals surface area contributed by atoms with Crippen LogP contribution < -0.4 is 16.0 Å². The van der Waals surface area contributed by atoms with E-state index in [0.29, 0.717) is 135 Å². The highest BCUT2D eigenvalue weighted by Crippen LogP contribution is 2.30. The molecule has 12 N–H and O–H groups in total. The monoisotopic (exact) mass is 1310 g/mol. The predicted molar refractivity (Wildman–Crippen MR) is 330 cm³/mol. The highest BCUT2D eigenvalue weighted by Gasteiger charge is 2.45. The molecular weight excluding hydrogens is 1190 g/mol. The Kier molecular flexibility index (Phi) is 40.7. The summed E-state index contributed by atoms with van der Waals surface area (Å²) in [4.78, 5) is 76.7. The largest absolute Gasteiger partial charge is 0.447 e. The molecule has 530 valence electrons. The number of carbonyl (C=O) groups is 6. The SMILES string of the molecule is CC1C(OCCCCC(=O)CCCCCC(=O)CCOCC(COCCC(=O)CCCCCC(=O)CCCCOC2OC(CO)C(O)C(O)C2C)(COC(=O)NCCCNC(=O)CCCCOC2OC(CO)C(O)C(O)C2C)NC(C)(C)C)OC(CO)C(O)C1O. The summed E-state index contributed by atoms with van der Waals surface area (Å²) in [6, 6.07) is 0. The number of Topliss-reactive ketones (excluding diaryl/α,β-unsaturated/α-hetero) is 4. The standard InChI is InChI=1S/C64H115N3O24/c1-42-53(76)56(79)49(36-68)89-59(42)85-31-16-13-24-45(71)20-9-7-11-22-47(73)27-34-83-39-64(67-63(4,5)6,41-88-62(82)66-30-19-29-65-52(75)26-15-18-33-87-61-44(3)55(78)58(81)51(38-70)91-61)40-84-35-28-48(74)23-12-8-10-21-46(72)25-14-17-32-86-60-43(2)54(77)57(80)50(37-69)90-60/h42-44,49-51,53-61,67-70,76-81H,7-41H2,1-6H3,(H,65,75)(H,66,82). The van der Waals surface area contributed by atoms with Crippen molar-refractivity contribution in [2.24, 2.45) is 17.8 Å². The second-order valence-electron chi connectivity index (χ2n) is 25.9. The molecule has 0 spiro atoms. The number of hydrogen-bond acceptors (Lipinski definition) is 25. The fraction of sp³-hybridized carbons (Fsp3) is 0.906. The van der Waals surface area contributed by atoms with E-state index in [2.05, 4.69) is 16.0 Å². The van der Waals surface area contributed by atoms with E-state index in [9.17, 15) is 74.7 Å². The van der Waals surface area contributed by atoms with E-state index in [-0.39, 0.29) is 101 Å². The smallest absolute Gasteiger partial charge is 0.407 e. The van der Waals surface area contributed by atoms with Crippen LogP contribution >= 0.6 is 0 Å². The summed E-state index contributed by atoms with van der Waals surface area (Å²) in [5, 5.41) is 98.2. The number of hydrogen-bond donors (Lipinski definition) is 12. The molecule has 3 saturated heterocycles. The van der Waals surface area contributed by atoms with Crippen molar-refractivity contribution in [1.29, 1.82) is 0 Å². The Hall–Kier alpha value is -3.30. The number of nitrogens with one attached hydrogen (secondary N) is 3. The lowest BCUT2D eigenvalue weighted by Crippen LogP contribution is -2.62. The highest BCUT2D eigenvalue weighted by atomic mass is 16.7. The third-order valence-electron chi connectivity index (χ3n) is 16.6. The first-order chi connectivity index (χ1) is 43.3. The Bertz CT molecular complexity index is 1960. The van der Waals surface area contributed by atoms with Gasteiger partial charge in [-0.3, -0.25) is 29.3 Å². The maximum Gasteiger partial charge on any atom is 0.407 e. The van der Waals surface area contributed by atoms with E-state index in [4.69, 9.17) is 42.6 Å². The fourth-order valence-corrected chi connectivity index (χ4v) is 11.0. The van der Waals surface area contributed by atoms with Crippen LogP contribution in [0.2, 0.25) is 0 Å². The van der Waals surface area contributed by atoms with Gasteiger partial charge in [0.25, 0.3) is 0 Å². The second-order valence-corrected chi connectivity index (χ2v) is 25.9. The topological polar surface area (TPSA) is 404 Å². The molecule has 0 aromatic rings. The predicted octanol–water partition coefficient (Wildman–Crippen LogP) is 2.12. The molecule has 3 fully saturated rings. The summed E-state index contributed by atoms with van der Waals surface area (Å²) in [6.07, 6.45) is -2.42. The number of aliphatic hydroxyl groups excluding tert-OH is 9. The molecule has 0 saturated carbocycles. The van der Waals surface area contributed by atoms with Gasteiger partial charge in [0, 0.05) is 114 Å². The molecule has 91 heavy (non-hydrogen) atoms. The molecule has 0 radical (unpaired) electrons. The first kappa shape index (κ1) is 81.9. The number of alkyl carbamates (subject to hydrolysis) is 1. The molecule has 27 nitrogen and oxygen atoms in total. The van der Waals surface area contributed by atoms with E-state index in [1.165, 1.54) is 0 Å². The lowest BCUT2D eigenvalue weighted by atomic mass is 9.92. The van der Waals surface area contributed by atoms with Crippen molar-refractivity contribution in [2.75, 3.05) is 85.8 Å². The van der Waals surface area contributed by atoms with Gasteiger partial charge >= 0.3 is 6.09 Å². The Balaban J connectivity index is 1.40. The van der Waals surface area contributed by atoms with Crippen LogP contribution in [0.15, 0.2) is 0 Å². The summed E-state index contributed by atoms with van der Waals surface area (Å²) in [5.41, 5.74) is -1.67. The van der Waals surface area contributed by atoms with Crippen LogP contribution in [0.5, 0.6) is 0 Å². The van der Waals surface area contributed by atoms with Crippen LogP contribution in [0.3, 0.4) is 0 Å². The molecule has 15 atom stereocenters. The van der Waals surface area contributed by atoms with Crippen molar-refractivity contribution in [3.8, 4) is 0 Å². The second kappa shape index (κ2) is 45.2. The lowest BCUT2D eigenvalue weighted by molar-refractivity contribution is -0.282. The molecule has 0 aromatic heterocycles. The van der Waals surface area contributed by atoms with Crippen molar-refractivity contribution in [3.05, 3.63) is 0 Å². The average molecular weight is 1310 g/mol.